The van der Waals surface area contributed by atoms with Gasteiger partial charge in [0, 0.05) is 45.3 Å². The monoisotopic (exact) mass is 372 g/mol. The van der Waals surface area contributed by atoms with Crippen LogP contribution < -0.4 is 5.32 Å². The Hall–Kier alpha value is -1.92. The Kier molecular flexibility index (Phi) is 7.24. The number of nitrogens with one attached hydrogen (secondary N) is 1. The minimum Gasteiger partial charge on any atom is -0.351 e. The molecule has 1 aromatic carbocycles. The van der Waals surface area contributed by atoms with Gasteiger partial charge in [0.1, 0.15) is 0 Å². The van der Waals surface area contributed by atoms with Gasteiger partial charge < -0.3 is 10.2 Å². The van der Waals surface area contributed by atoms with Gasteiger partial charge in [-0.1, -0.05) is 30.3 Å². The summed E-state index contributed by atoms with van der Waals surface area (Å²) in [6.07, 6.45) is 3.48. The van der Waals surface area contributed by atoms with Gasteiger partial charge >= 0.3 is 0 Å². The number of piperidine rings is 1. The standard InChI is InChI=1S/C21H32N4O2/c1-18-7-5-6-10-25(18)21(27)17-24-13-11-23(12-14-24)16-20(26)22-15-19-8-3-2-4-9-19/h2-4,8-9,18H,5-7,10-17H2,1H3,(H,22,26)/t18-/m1/s1. The van der Waals surface area contributed by atoms with E-state index in [2.05, 4.69) is 22.0 Å². The molecule has 1 N–H and O–H groups in total. The first-order valence-corrected chi connectivity index (χ1v) is 10.2. The van der Waals surface area contributed by atoms with Gasteiger partial charge in [0.05, 0.1) is 13.1 Å². The van der Waals surface area contributed by atoms with E-state index in [9.17, 15) is 9.59 Å². The molecule has 1 atom stereocenters. The van der Waals surface area contributed by atoms with E-state index in [1.807, 2.05) is 35.2 Å². The van der Waals surface area contributed by atoms with Crippen LogP contribution in [0.5, 0.6) is 0 Å². The Balaban J connectivity index is 1.34. The Bertz CT molecular complexity index is 614. The zero-order valence-corrected chi connectivity index (χ0v) is 16.4. The van der Waals surface area contributed by atoms with Crippen LogP contribution >= 0.6 is 0 Å². The maximum absolute atomic E-state index is 12.6. The minimum absolute atomic E-state index is 0.0607. The molecule has 2 heterocycles. The average Bonchev–Trinajstić information content (AvgIpc) is 2.69. The lowest BCUT2D eigenvalue weighted by Gasteiger charge is -2.37. The van der Waals surface area contributed by atoms with E-state index in [1.54, 1.807) is 0 Å². The van der Waals surface area contributed by atoms with Crippen molar-refractivity contribution in [2.24, 2.45) is 0 Å². The molecule has 0 saturated carbocycles. The topological polar surface area (TPSA) is 55.9 Å². The highest BCUT2D eigenvalue weighted by molar-refractivity contribution is 5.79. The maximum atomic E-state index is 12.6. The second kappa shape index (κ2) is 9.85. The number of likely N-dealkylation sites (tertiary alicyclic amines) is 1. The molecule has 2 aliphatic rings. The van der Waals surface area contributed by atoms with Crippen LogP contribution in [0.25, 0.3) is 0 Å². The molecule has 0 radical (unpaired) electrons. The van der Waals surface area contributed by atoms with Crippen LogP contribution in [-0.4, -0.2) is 78.4 Å². The van der Waals surface area contributed by atoms with E-state index in [-0.39, 0.29) is 11.8 Å². The highest BCUT2D eigenvalue weighted by Gasteiger charge is 2.26. The zero-order valence-electron chi connectivity index (χ0n) is 16.4. The van der Waals surface area contributed by atoms with Crippen molar-refractivity contribution in [3.8, 4) is 0 Å². The van der Waals surface area contributed by atoms with Gasteiger partial charge in [0.2, 0.25) is 11.8 Å². The highest BCUT2D eigenvalue weighted by atomic mass is 16.2. The smallest absolute Gasteiger partial charge is 0.236 e. The number of piperazine rings is 1. The van der Waals surface area contributed by atoms with Crippen molar-refractivity contribution < 1.29 is 9.59 Å². The summed E-state index contributed by atoms with van der Waals surface area (Å²) in [7, 11) is 0. The summed E-state index contributed by atoms with van der Waals surface area (Å²) in [6.45, 7) is 7.94. The largest absolute Gasteiger partial charge is 0.351 e. The number of benzene rings is 1. The fourth-order valence-corrected chi connectivity index (χ4v) is 3.91. The molecular formula is C21H32N4O2. The molecule has 2 aliphatic heterocycles. The quantitative estimate of drug-likeness (QED) is 0.818. The van der Waals surface area contributed by atoms with E-state index in [1.165, 1.54) is 6.42 Å². The Morgan fingerprint density at radius 3 is 2.30 bits per heavy atom. The van der Waals surface area contributed by atoms with Crippen molar-refractivity contribution in [3.05, 3.63) is 35.9 Å². The number of rotatable bonds is 6. The van der Waals surface area contributed by atoms with Crippen molar-refractivity contribution >= 4 is 11.8 Å². The van der Waals surface area contributed by atoms with Gasteiger partial charge in [-0.15, -0.1) is 0 Å². The molecular weight excluding hydrogens is 340 g/mol. The van der Waals surface area contributed by atoms with Gasteiger partial charge in [0.25, 0.3) is 0 Å². The van der Waals surface area contributed by atoms with Crippen molar-refractivity contribution in [1.82, 2.24) is 20.0 Å². The summed E-state index contributed by atoms with van der Waals surface area (Å²) >= 11 is 0. The Morgan fingerprint density at radius 1 is 0.963 bits per heavy atom. The van der Waals surface area contributed by atoms with Gasteiger partial charge in [-0.2, -0.15) is 0 Å². The third-order valence-electron chi connectivity index (χ3n) is 5.65. The Labute approximate surface area is 162 Å². The molecule has 148 valence electrons. The van der Waals surface area contributed by atoms with E-state index in [0.717, 1.165) is 51.1 Å². The van der Waals surface area contributed by atoms with Crippen LogP contribution in [0.15, 0.2) is 30.3 Å². The average molecular weight is 373 g/mol. The first kappa shape index (κ1) is 19.8. The number of carbonyl (C=O) groups excluding carboxylic acids is 2. The van der Waals surface area contributed by atoms with Crippen LogP contribution in [0.1, 0.15) is 31.7 Å². The third kappa shape index (κ3) is 6.04. The van der Waals surface area contributed by atoms with Gasteiger partial charge in [-0.3, -0.25) is 19.4 Å². The van der Waals surface area contributed by atoms with Crippen LogP contribution in [0, 0.1) is 0 Å². The predicted octanol–water partition coefficient (Wildman–Crippen LogP) is 1.32. The molecule has 3 rings (SSSR count). The number of hydrogen-bond donors (Lipinski definition) is 1. The van der Waals surface area contributed by atoms with Crippen molar-refractivity contribution in [2.75, 3.05) is 45.8 Å². The van der Waals surface area contributed by atoms with Gasteiger partial charge in [0.15, 0.2) is 0 Å². The van der Waals surface area contributed by atoms with E-state index < -0.39 is 0 Å². The molecule has 0 aliphatic carbocycles. The summed E-state index contributed by atoms with van der Waals surface area (Å²) in [6, 6.07) is 10.3. The molecule has 6 heteroatoms. The third-order valence-corrected chi connectivity index (χ3v) is 5.65. The van der Waals surface area contributed by atoms with Crippen LogP contribution in [0.2, 0.25) is 0 Å². The molecule has 2 amide bonds. The highest BCUT2D eigenvalue weighted by Crippen LogP contribution is 2.17. The van der Waals surface area contributed by atoms with Crippen molar-refractivity contribution in [1.29, 1.82) is 0 Å². The summed E-state index contributed by atoms with van der Waals surface area (Å²) in [5.41, 5.74) is 1.11. The van der Waals surface area contributed by atoms with E-state index >= 15 is 0 Å². The van der Waals surface area contributed by atoms with Crippen LogP contribution in [0.4, 0.5) is 0 Å². The lowest BCUT2D eigenvalue weighted by molar-refractivity contribution is -0.136. The predicted molar refractivity (Wildman–Crippen MR) is 106 cm³/mol. The van der Waals surface area contributed by atoms with Crippen molar-refractivity contribution in [3.63, 3.8) is 0 Å². The number of nitrogens with zero attached hydrogens (tertiary/aromatic N) is 3. The molecule has 27 heavy (non-hydrogen) atoms. The first-order chi connectivity index (χ1) is 13.1. The van der Waals surface area contributed by atoms with Gasteiger partial charge in [-0.25, -0.2) is 0 Å². The minimum atomic E-state index is 0.0607. The molecule has 0 unspecified atom stereocenters. The van der Waals surface area contributed by atoms with E-state index in [4.69, 9.17) is 0 Å². The molecule has 1 aromatic rings. The second-order valence-electron chi connectivity index (χ2n) is 7.75. The number of amides is 2. The second-order valence-corrected chi connectivity index (χ2v) is 7.75. The first-order valence-electron chi connectivity index (χ1n) is 10.2. The van der Waals surface area contributed by atoms with E-state index in [0.29, 0.717) is 25.7 Å². The molecule has 0 spiro atoms. The molecule has 2 saturated heterocycles. The molecule has 6 nitrogen and oxygen atoms in total. The lowest BCUT2D eigenvalue weighted by Crippen LogP contribution is -2.53. The summed E-state index contributed by atoms with van der Waals surface area (Å²) in [5, 5.41) is 2.98. The number of carbonyl (C=O) groups is 2. The SMILES string of the molecule is C[C@@H]1CCCCN1C(=O)CN1CCN(CC(=O)NCc2ccccc2)CC1. The Morgan fingerprint density at radius 2 is 1.63 bits per heavy atom. The fraction of sp³-hybridized carbons (Fsp3) is 0.619. The molecule has 0 bridgehead atoms. The lowest BCUT2D eigenvalue weighted by atomic mass is 10.0. The van der Waals surface area contributed by atoms with Crippen LogP contribution in [0.3, 0.4) is 0 Å². The summed E-state index contributed by atoms with van der Waals surface area (Å²) < 4.78 is 0. The maximum Gasteiger partial charge on any atom is 0.236 e. The summed E-state index contributed by atoms with van der Waals surface area (Å²) in [4.78, 5) is 31.2. The normalized spacial score (nSPS) is 21.8. The number of hydrogen-bond acceptors (Lipinski definition) is 4. The molecule has 0 aromatic heterocycles. The fourth-order valence-electron chi connectivity index (χ4n) is 3.91. The van der Waals surface area contributed by atoms with Gasteiger partial charge in [-0.05, 0) is 31.7 Å². The zero-order chi connectivity index (χ0) is 19.1. The molecule has 2 fully saturated rings. The van der Waals surface area contributed by atoms with Crippen molar-refractivity contribution in [2.45, 2.75) is 38.8 Å². The summed E-state index contributed by atoms with van der Waals surface area (Å²) in [5.74, 6) is 0.321. The van der Waals surface area contributed by atoms with Crippen LogP contribution in [-0.2, 0) is 16.1 Å².